The Kier molecular flexibility index (Phi) is 4.01. The second-order valence-electron chi connectivity index (χ2n) is 4.04. The van der Waals surface area contributed by atoms with E-state index in [9.17, 15) is 4.79 Å². The Morgan fingerprint density at radius 3 is 3.00 bits per heavy atom. The summed E-state index contributed by atoms with van der Waals surface area (Å²) in [5.74, 6) is 0.0269. The highest BCUT2D eigenvalue weighted by Gasteiger charge is 2.14. The molecule has 0 fully saturated rings. The number of nitrogens with two attached hydrogens (primary N) is 1. The van der Waals surface area contributed by atoms with Crippen molar-refractivity contribution in [2.75, 3.05) is 18.2 Å². The first-order chi connectivity index (χ1) is 9.11. The summed E-state index contributed by atoms with van der Waals surface area (Å²) in [7, 11) is 1.33. The van der Waals surface area contributed by atoms with Gasteiger partial charge < -0.3 is 15.8 Å². The number of carbonyl (C=O) groups excluding carboxylic acids is 1. The predicted octanol–water partition coefficient (Wildman–Crippen LogP) is 2.43. The number of methoxy groups -OCH3 is 1. The summed E-state index contributed by atoms with van der Waals surface area (Å²) in [6.45, 7) is 2.66. The van der Waals surface area contributed by atoms with Crippen molar-refractivity contribution < 1.29 is 9.53 Å². The molecule has 0 bridgehead atoms. The molecule has 19 heavy (non-hydrogen) atoms. The van der Waals surface area contributed by atoms with Gasteiger partial charge >= 0.3 is 5.97 Å². The summed E-state index contributed by atoms with van der Waals surface area (Å²) in [6, 6.07) is 3.61. The third-order valence-corrected chi connectivity index (χ3v) is 3.72. The Balaban J connectivity index is 2.20. The minimum atomic E-state index is -0.454. The lowest BCUT2D eigenvalue weighted by atomic mass is 10.2. The second-order valence-corrected chi connectivity index (χ2v) is 5.04. The van der Waals surface area contributed by atoms with Crippen LogP contribution in [0.3, 0.4) is 0 Å². The second kappa shape index (κ2) is 5.71. The van der Waals surface area contributed by atoms with Crippen molar-refractivity contribution in [3.05, 3.63) is 39.7 Å². The molecular weight excluding hydrogens is 262 g/mol. The van der Waals surface area contributed by atoms with Crippen molar-refractivity contribution in [3.8, 4) is 0 Å². The third-order valence-electron chi connectivity index (χ3n) is 2.70. The molecule has 2 aromatic rings. The van der Waals surface area contributed by atoms with E-state index in [2.05, 4.69) is 16.4 Å². The van der Waals surface area contributed by atoms with E-state index in [1.165, 1.54) is 23.7 Å². The van der Waals surface area contributed by atoms with Crippen LogP contribution >= 0.6 is 11.3 Å². The van der Waals surface area contributed by atoms with E-state index in [0.29, 0.717) is 23.6 Å². The highest BCUT2D eigenvalue weighted by Crippen LogP contribution is 2.20. The highest BCUT2D eigenvalue weighted by atomic mass is 32.1. The zero-order valence-corrected chi connectivity index (χ0v) is 11.6. The number of hydrogen-bond donors (Lipinski definition) is 2. The van der Waals surface area contributed by atoms with Crippen LogP contribution in [0.1, 0.15) is 20.8 Å². The standard InChI is InChI=1S/C13H15N3O2S/c1-8-3-4-19-11(8)7-16-12-10(13(17)18-2)5-9(14)6-15-12/h3-6H,7,14H2,1-2H3,(H,15,16). The van der Waals surface area contributed by atoms with Gasteiger partial charge in [-0.2, -0.15) is 0 Å². The zero-order valence-electron chi connectivity index (χ0n) is 10.8. The average molecular weight is 277 g/mol. The fourth-order valence-electron chi connectivity index (χ4n) is 1.64. The molecule has 2 heterocycles. The Morgan fingerprint density at radius 1 is 1.58 bits per heavy atom. The van der Waals surface area contributed by atoms with Crippen LogP contribution in [0.25, 0.3) is 0 Å². The van der Waals surface area contributed by atoms with Crippen molar-refractivity contribution >= 4 is 28.8 Å². The van der Waals surface area contributed by atoms with Gasteiger partial charge in [0.25, 0.3) is 0 Å². The molecule has 2 rings (SSSR count). The van der Waals surface area contributed by atoms with Gasteiger partial charge in [0.1, 0.15) is 11.4 Å². The number of esters is 1. The summed E-state index contributed by atoms with van der Waals surface area (Å²) in [4.78, 5) is 17.0. The number of nitrogens with zero attached hydrogens (tertiary/aromatic N) is 1. The Bertz CT molecular complexity index is 595. The van der Waals surface area contributed by atoms with Gasteiger partial charge in [-0.3, -0.25) is 0 Å². The van der Waals surface area contributed by atoms with Gasteiger partial charge in [-0.1, -0.05) is 0 Å². The number of anilines is 2. The number of hydrogen-bond acceptors (Lipinski definition) is 6. The van der Waals surface area contributed by atoms with Crippen molar-refractivity contribution in [2.45, 2.75) is 13.5 Å². The monoisotopic (exact) mass is 277 g/mol. The fraction of sp³-hybridized carbons (Fsp3) is 0.231. The maximum absolute atomic E-state index is 11.7. The summed E-state index contributed by atoms with van der Waals surface area (Å²) in [5.41, 5.74) is 7.63. The summed E-state index contributed by atoms with van der Waals surface area (Å²) >= 11 is 1.66. The largest absolute Gasteiger partial charge is 0.465 e. The van der Waals surface area contributed by atoms with Crippen molar-refractivity contribution in [2.24, 2.45) is 0 Å². The molecule has 5 nitrogen and oxygen atoms in total. The number of aryl methyl sites for hydroxylation is 1. The Labute approximate surface area is 115 Å². The average Bonchev–Trinajstić information content (AvgIpc) is 2.82. The van der Waals surface area contributed by atoms with Crippen LogP contribution in [-0.4, -0.2) is 18.1 Å². The number of rotatable bonds is 4. The molecule has 0 atom stereocenters. The van der Waals surface area contributed by atoms with Crippen molar-refractivity contribution in [3.63, 3.8) is 0 Å². The van der Waals surface area contributed by atoms with Gasteiger partial charge in [0.15, 0.2) is 0 Å². The smallest absolute Gasteiger partial charge is 0.341 e. The van der Waals surface area contributed by atoms with Gasteiger partial charge in [-0.05, 0) is 30.0 Å². The normalized spacial score (nSPS) is 10.2. The third kappa shape index (κ3) is 3.03. The molecule has 0 spiro atoms. The SMILES string of the molecule is COC(=O)c1cc(N)cnc1NCc1sccc1C. The minimum Gasteiger partial charge on any atom is -0.465 e. The van der Waals surface area contributed by atoms with Crippen LogP contribution in [0.2, 0.25) is 0 Å². The predicted molar refractivity (Wildman–Crippen MR) is 76.4 cm³/mol. The van der Waals surface area contributed by atoms with E-state index < -0.39 is 5.97 Å². The van der Waals surface area contributed by atoms with E-state index in [1.54, 1.807) is 17.4 Å². The molecule has 0 aliphatic heterocycles. The summed E-state index contributed by atoms with van der Waals surface area (Å²) in [6.07, 6.45) is 1.51. The van der Waals surface area contributed by atoms with Gasteiger partial charge in [-0.15, -0.1) is 11.3 Å². The van der Waals surface area contributed by atoms with Crippen molar-refractivity contribution in [1.82, 2.24) is 4.98 Å². The van der Waals surface area contributed by atoms with Crippen LogP contribution in [0, 0.1) is 6.92 Å². The lowest BCUT2D eigenvalue weighted by Gasteiger charge is -2.10. The molecule has 0 aliphatic rings. The highest BCUT2D eigenvalue weighted by molar-refractivity contribution is 7.10. The first-order valence-corrected chi connectivity index (χ1v) is 6.60. The minimum absolute atomic E-state index is 0.344. The molecule has 3 N–H and O–H groups in total. The van der Waals surface area contributed by atoms with E-state index >= 15 is 0 Å². The quantitative estimate of drug-likeness (QED) is 0.839. The zero-order chi connectivity index (χ0) is 13.8. The molecule has 100 valence electrons. The van der Waals surface area contributed by atoms with Gasteiger partial charge in [0.2, 0.25) is 0 Å². The number of carbonyl (C=O) groups is 1. The maximum atomic E-state index is 11.7. The van der Waals surface area contributed by atoms with Crippen LogP contribution < -0.4 is 11.1 Å². The summed E-state index contributed by atoms with van der Waals surface area (Å²) < 4.78 is 4.72. The first kappa shape index (κ1) is 13.4. The Hall–Kier alpha value is -2.08. The molecule has 0 saturated carbocycles. The molecule has 0 saturated heterocycles. The van der Waals surface area contributed by atoms with Crippen molar-refractivity contribution in [1.29, 1.82) is 0 Å². The Morgan fingerprint density at radius 2 is 2.37 bits per heavy atom. The number of ether oxygens (including phenoxy) is 1. The molecule has 2 aromatic heterocycles. The van der Waals surface area contributed by atoms with E-state index in [-0.39, 0.29) is 0 Å². The van der Waals surface area contributed by atoms with Crippen LogP contribution in [0.15, 0.2) is 23.7 Å². The maximum Gasteiger partial charge on any atom is 0.341 e. The number of aromatic nitrogens is 1. The molecule has 0 aromatic carbocycles. The molecule has 0 radical (unpaired) electrons. The number of thiophene rings is 1. The fourth-order valence-corrected chi connectivity index (χ4v) is 2.48. The number of pyridine rings is 1. The van der Waals surface area contributed by atoms with Gasteiger partial charge in [-0.25, -0.2) is 9.78 Å². The lowest BCUT2D eigenvalue weighted by molar-refractivity contribution is 0.0601. The van der Waals surface area contributed by atoms with Crippen LogP contribution in [-0.2, 0) is 11.3 Å². The number of nitrogens with one attached hydrogen (secondary N) is 1. The van der Waals surface area contributed by atoms with E-state index in [4.69, 9.17) is 10.5 Å². The molecule has 0 unspecified atom stereocenters. The van der Waals surface area contributed by atoms with Gasteiger partial charge in [0, 0.05) is 4.88 Å². The molecular formula is C13H15N3O2S. The topological polar surface area (TPSA) is 77.2 Å². The molecule has 0 amide bonds. The lowest BCUT2D eigenvalue weighted by Crippen LogP contribution is -2.10. The van der Waals surface area contributed by atoms with E-state index in [1.807, 2.05) is 12.3 Å². The molecule has 0 aliphatic carbocycles. The van der Waals surface area contributed by atoms with Crippen LogP contribution in [0.4, 0.5) is 11.5 Å². The van der Waals surface area contributed by atoms with Crippen LogP contribution in [0.5, 0.6) is 0 Å². The molecule has 6 heteroatoms. The van der Waals surface area contributed by atoms with E-state index in [0.717, 1.165) is 0 Å². The summed E-state index contributed by atoms with van der Waals surface area (Å²) in [5, 5.41) is 5.17. The number of nitrogen functional groups attached to an aromatic ring is 1. The van der Waals surface area contributed by atoms with Gasteiger partial charge in [0.05, 0.1) is 25.5 Å². The first-order valence-electron chi connectivity index (χ1n) is 5.72.